The van der Waals surface area contributed by atoms with Crippen molar-refractivity contribution in [1.29, 1.82) is 0 Å². The van der Waals surface area contributed by atoms with E-state index in [1.807, 2.05) is 13.1 Å². The standard InChI is InChI=1S/C13H24N4O/c1-9(18)6-7-15-11-8-10(14-5)16-12(17-11)13(2,3)4/h8-9,18H,6-7H2,1-5H3,(H2,14,15,16,17). The van der Waals surface area contributed by atoms with E-state index < -0.39 is 0 Å². The van der Waals surface area contributed by atoms with E-state index in [1.54, 1.807) is 6.92 Å². The van der Waals surface area contributed by atoms with Gasteiger partial charge in [-0.15, -0.1) is 0 Å². The van der Waals surface area contributed by atoms with Crippen molar-refractivity contribution in [2.45, 2.75) is 45.6 Å². The van der Waals surface area contributed by atoms with Crippen LogP contribution in [0.5, 0.6) is 0 Å². The van der Waals surface area contributed by atoms with E-state index in [0.717, 1.165) is 17.5 Å². The topological polar surface area (TPSA) is 70.1 Å². The first-order valence-corrected chi connectivity index (χ1v) is 6.32. The predicted octanol–water partition coefficient (Wildman–Crippen LogP) is 2.00. The number of aliphatic hydroxyl groups is 1. The molecule has 0 saturated heterocycles. The van der Waals surface area contributed by atoms with Gasteiger partial charge in [-0.1, -0.05) is 20.8 Å². The molecule has 0 aliphatic carbocycles. The van der Waals surface area contributed by atoms with Crippen molar-refractivity contribution < 1.29 is 5.11 Å². The summed E-state index contributed by atoms with van der Waals surface area (Å²) in [6.45, 7) is 8.73. The van der Waals surface area contributed by atoms with Crippen LogP contribution in [0.25, 0.3) is 0 Å². The second-order valence-corrected chi connectivity index (χ2v) is 5.53. The third-order valence-electron chi connectivity index (χ3n) is 2.52. The van der Waals surface area contributed by atoms with Gasteiger partial charge in [-0.25, -0.2) is 9.97 Å². The molecule has 0 aliphatic rings. The van der Waals surface area contributed by atoms with Crippen LogP contribution < -0.4 is 10.6 Å². The van der Waals surface area contributed by atoms with Crippen LogP contribution >= 0.6 is 0 Å². The molecule has 0 saturated carbocycles. The van der Waals surface area contributed by atoms with Crippen LogP contribution in [0.2, 0.25) is 0 Å². The number of aliphatic hydroxyl groups excluding tert-OH is 1. The van der Waals surface area contributed by atoms with Crippen molar-refractivity contribution in [3.8, 4) is 0 Å². The second-order valence-electron chi connectivity index (χ2n) is 5.53. The number of nitrogens with one attached hydrogen (secondary N) is 2. The van der Waals surface area contributed by atoms with Crippen LogP contribution in [-0.2, 0) is 5.41 Å². The Morgan fingerprint density at radius 1 is 1.28 bits per heavy atom. The normalized spacial score (nSPS) is 13.2. The molecule has 5 heteroatoms. The van der Waals surface area contributed by atoms with Crippen LogP contribution in [0.15, 0.2) is 6.07 Å². The van der Waals surface area contributed by atoms with Gasteiger partial charge in [-0.05, 0) is 13.3 Å². The van der Waals surface area contributed by atoms with Gasteiger partial charge in [-0.2, -0.15) is 0 Å². The predicted molar refractivity (Wildman–Crippen MR) is 75.1 cm³/mol. The number of aromatic nitrogens is 2. The first-order valence-electron chi connectivity index (χ1n) is 6.32. The lowest BCUT2D eigenvalue weighted by atomic mass is 9.96. The van der Waals surface area contributed by atoms with Gasteiger partial charge in [-0.3, -0.25) is 0 Å². The first-order chi connectivity index (χ1) is 8.32. The molecule has 0 amide bonds. The fourth-order valence-corrected chi connectivity index (χ4v) is 1.41. The molecule has 1 rings (SSSR count). The molecule has 0 spiro atoms. The van der Waals surface area contributed by atoms with Gasteiger partial charge >= 0.3 is 0 Å². The summed E-state index contributed by atoms with van der Waals surface area (Å²) in [5, 5.41) is 15.5. The van der Waals surface area contributed by atoms with E-state index in [1.165, 1.54) is 0 Å². The molecule has 1 atom stereocenters. The SMILES string of the molecule is CNc1cc(NCCC(C)O)nc(C(C)(C)C)n1. The summed E-state index contributed by atoms with van der Waals surface area (Å²) < 4.78 is 0. The molecule has 0 fully saturated rings. The monoisotopic (exact) mass is 252 g/mol. The highest BCUT2D eigenvalue weighted by atomic mass is 16.3. The summed E-state index contributed by atoms with van der Waals surface area (Å²) in [6.07, 6.45) is 0.397. The maximum absolute atomic E-state index is 9.23. The maximum atomic E-state index is 9.23. The van der Waals surface area contributed by atoms with Crippen LogP contribution in [0.1, 0.15) is 39.9 Å². The average molecular weight is 252 g/mol. The highest BCUT2D eigenvalue weighted by molar-refractivity contribution is 5.47. The zero-order chi connectivity index (χ0) is 13.8. The van der Waals surface area contributed by atoms with Gasteiger partial charge in [0, 0.05) is 25.1 Å². The summed E-state index contributed by atoms with van der Waals surface area (Å²) in [4.78, 5) is 8.96. The zero-order valence-corrected chi connectivity index (χ0v) is 11.9. The molecule has 0 aromatic carbocycles. The molecule has 1 heterocycles. The minimum absolute atomic E-state index is 0.0897. The third-order valence-corrected chi connectivity index (χ3v) is 2.52. The minimum atomic E-state index is -0.301. The highest BCUT2D eigenvalue weighted by Crippen LogP contribution is 2.22. The van der Waals surface area contributed by atoms with Gasteiger partial charge in [0.25, 0.3) is 0 Å². The van der Waals surface area contributed by atoms with E-state index in [-0.39, 0.29) is 11.5 Å². The minimum Gasteiger partial charge on any atom is -0.393 e. The molecular formula is C13H24N4O. The molecule has 1 unspecified atom stereocenters. The van der Waals surface area contributed by atoms with Crippen LogP contribution in [-0.4, -0.2) is 34.8 Å². The second kappa shape index (κ2) is 6.00. The Morgan fingerprint density at radius 3 is 2.39 bits per heavy atom. The van der Waals surface area contributed by atoms with Crippen molar-refractivity contribution in [2.75, 3.05) is 24.2 Å². The Balaban J connectivity index is 2.84. The molecule has 0 bridgehead atoms. The summed E-state index contributed by atoms with van der Waals surface area (Å²) in [7, 11) is 1.84. The lowest BCUT2D eigenvalue weighted by Gasteiger charge is -2.19. The largest absolute Gasteiger partial charge is 0.393 e. The summed E-state index contributed by atoms with van der Waals surface area (Å²) in [6, 6.07) is 1.87. The van der Waals surface area contributed by atoms with Crippen molar-refractivity contribution in [1.82, 2.24) is 9.97 Å². The number of hydrogen-bond donors (Lipinski definition) is 3. The number of anilines is 2. The van der Waals surface area contributed by atoms with Gasteiger partial charge in [0.2, 0.25) is 0 Å². The van der Waals surface area contributed by atoms with Crippen LogP contribution in [0, 0.1) is 0 Å². The van der Waals surface area contributed by atoms with Gasteiger partial charge < -0.3 is 15.7 Å². The fourth-order valence-electron chi connectivity index (χ4n) is 1.41. The van der Waals surface area contributed by atoms with E-state index in [0.29, 0.717) is 13.0 Å². The molecule has 0 aliphatic heterocycles. The van der Waals surface area contributed by atoms with E-state index in [9.17, 15) is 5.11 Å². The van der Waals surface area contributed by atoms with Crippen molar-refractivity contribution in [3.63, 3.8) is 0 Å². The summed E-state index contributed by atoms with van der Waals surface area (Å²) in [5.74, 6) is 2.39. The Bertz CT molecular complexity index is 385. The number of nitrogens with zero attached hydrogens (tertiary/aromatic N) is 2. The molecule has 1 aromatic heterocycles. The average Bonchev–Trinajstić information content (AvgIpc) is 2.27. The smallest absolute Gasteiger partial charge is 0.138 e. The van der Waals surface area contributed by atoms with E-state index >= 15 is 0 Å². The quantitative estimate of drug-likeness (QED) is 0.747. The maximum Gasteiger partial charge on any atom is 0.138 e. The van der Waals surface area contributed by atoms with Crippen molar-refractivity contribution in [2.24, 2.45) is 0 Å². The van der Waals surface area contributed by atoms with Gasteiger partial charge in [0.15, 0.2) is 0 Å². The highest BCUT2D eigenvalue weighted by Gasteiger charge is 2.18. The van der Waals surface area contributed by atoms with Crippen molar-refractivity contribution >= 4 is 11.6 Å². The Morgan fingerprint density at radius 2 is 1.89 bits per heavy atom. The molecule has 102 valence electrons. The Labute approximate surface area is 109 Å². The molecule has 3 N–H and O–H groups in total. The van der Waals surface area contributed by atoms with Crippen LogP contribution in [0.3, 0.4) is 0 Å². The lowest BCUT2D eigenvalue weighted by molar-refractivity contribution is 0.188. The molecule has 1 aromatic rings. The number of rotatable bonds is 5. The zero-order valence-electron chi connectivity index (χ0n) is 11.9. The number of hydrogen-bond acceptors (Lipinski definition) is 5. The Hall–Kier alpha value is -1.36. The first kappa shape index (κ1) is 14.7. The summed E-state index contributed by atoms with van der Waals surface area (Å²) in [5.41, 5.74) is -0.0897. The molecule has 18 heavy (non-hydrogen) atoms. The molecule has 5 nitrogen and oxygen atoms in total. The third kappa shape index (κ3) is 4.49. The van der Waals surface area contributed by atoms with Crippen LogP contribution in [0.4, 0.5) is 11.6 Å². The van der Waals surface area contributed by atoms with E-state index in [2.05, 4.69) is 41.4 Å². The fraction of sp³-hybridized carbons (Fsp3) is 0.692. The summed E-state index contributed by atoms with van der Waals surface area (Å²) >= 11 is 0. The lowest BCUT2D eigenvalue weighted by Crippen LogP contribution is -2.19. The van der Waals surface area contributed by atoms with Gasteiger partial charge in [0.05, 0.1) is 6.10 Å². The molecular weight excluding hydrogens is 228 g/mol. The van der Waals surface area contributed by atoms with Gasteiger partial charge in [0.1, 0.15) is 17.5 Å². The van der Waals surface area contributed by atoms with Crippen molar-refractivity contribution in [3.05, 3.63) is 11.9 Å². The Kier molecular flexibility index (Phi) is 4.90. The van der Waals surface area contributed by atoms with E-state index in [4.69, 9.17) is 0 Å². The molecule has 0 radical (unpaired) electrons.